The van der Waals surface area contributed by atoms with Gasteiger partial charge in [0.25, 0.3) is 5.91 Å². The van der Waals surface area contributed by atoms with Crippen LogP contribution in [0.5, 0.6) is 11.5 Å². The average Bonchev–Trinajstić information content (AvgIpc) is 3.24. The lowest BCUT2D eigenvalue weighted by Gasteiger charge is -2.16. The molecule has 1 aromatic carbocycles. The molecule has 1 atom stereocenters. The molecular weight excluding hydrogens is 270 g/mol. The van der Waals surface area contributed by atoms with Crippen molar-refractivity contribution < 1.29 is 18.7 Å². The van der Waals surface area contributed by atoms with E-state index in [1.54, 1.807) is 24.5 Å². The van der Waals surface area contributed by atoms with Gasteiger partial charge in [0.1, 0.15) is 5.76 Å². The zero-order valence-electron chi connectivity index (χ0n) is 11.5. The molecule has 0 N–H and O–H groups in total. The number of benzene rings is 1. The summed E-state index contributed by atoms with van der Waals surface area (Å²) < 4.78 is 16.0. The number of carbonyl (C=O) groups is 1. The molecule has 21 heavy (non-hydrogen) atoms. The number of furan rings is 1. The van der Waals surface area contributed by atoms with Crippen LogP contribution < -0.4 is 9.47 Å². The van der Waals surface area contributed by atoms with Crippen LogP contribution in [-0.2, 0) is 0 Å². The summed E-state index contributed by atoms with van der Waals surface area (Å²) in [5.74, 6) is 2.61. The highest BCUT2D eigenvalue weighted by Gasteiger charge is 2.30. The Kier molecular flexibility index (Phi) is 2.84. The predicted molar refractivity (Wildman–Crippen MR) is 74.5 cm³/mol. The summed E-state index contributed by atoms with van der Waals surface area (Å²) in [7, 11) is 0. The summed E-state index contributed by atoms with van der Waals surface area (Å²) in [5.41, 5.74) is 0.638. The number of hydrogen-bond donors (Lipinski definition) is 0. The zero-order valence-corrected chi connectivity index (χ0v) is 11.5. The van der Waals surface area contributed by atoms with Crippen LogP contribution in [-0.4, -0.2) is 30.7 Å². The first-order valence-electron chi connectivity index (χ1n) is 7.03. The molecule has 1 aromatic heterocycles. The molecule has 0 aliphatic carbocycles. The van der Waals surface area contributed by atoms with E-state index in [0.29, 0.717) is 23.6 Å². The molecule has 3 heterocycles. The molecule has 4 rings (SSSR count). The molecular formula is C16H15NO4. The fourth-order valence-electron chi connectivity index (χ4n) is 2.91. The molecule has 0 spiro atoms. The molecule has 5 nitrogen and oxygen atoms in total. The van der Waals surface area contributed by atoms with Crippen molar-refractivity contribution in [2.45, 2.75) is 12.3 Å². The minimum atomic E-state index is 0.0300. The van der Waals surface area contributed by atoms with Gasteiger partial charge >= 0.3 is 0 Å². The highest BCUT2D eigenvalue weighted by atomic mass is 16.7. The first-order valence-corrected chi connectivity index (χ1v) is 7.03. The van der Waals surface area contributed by atoms with Crippen LogP contribution in [0.4, 0.5) is 0 Å². The second-order valence-corrected chi connectivity index (χ2v) is 5.32. The van der Waals surface area contributed by atoms with Crippen molar-refractivity contribution in [3.8, 4) is 11.5 Å². The van der Waals surface area contributed by atoms with E-state index in [1.807, 2.05) is 17.0 Å². The van der Waals surface area contributed by atoms with Gasteiger partial charge in [0.2, 0.25) is 6.79 Å². The summed E-state index contributed by atoms with van der Waals surface area (Å²) in [5, 5.41) is 0. The third-order valence-corrected chi connectivity index (χ3v) is 4.04. The molecule has 1 fully saturated rings. The lowest BCUT2D eigenvalue weighted by molar-refractivity contribution is 0.0789. The topological polar surface area (TPSA) is 51.9 Å². The van der Waals surface area contributed by atoms with Gasteiger partial charge in [0.15, 0.2) is 11.5 Å². The molecule has 2 aliphatic rings. The monoisotopic (exact) mass is 285 g/mol. The summed E-state index contributed by atoms with van der Waals surface area (Å²) >= 11 is 0. The van der Waals surface area contributed by atoms with Crippen molar-refractivity contribution in [1.82, 2.24) is 4.90 Å². The van der Waals surface area contributed by atoms with Gasteiger partial charge in [-0.05, 0) is 36.8 Å². The number of amides is 1. The standard InChI is InChI=1S/C16H15NO4/c18-16(11-3-4-14-15(8-11)21-10-20-14)17-6-5-12(9-17)13-2-1-7-19-13/h1-4,7-8,12H,5-6,9-10H2. The molecule has 5 heteroatoms. The molecule has 1 unspecified atom stereocenters. The number of nitrogens with zero attached hydrogens (tertiary/aromatic N) is 1. The van der Waals surface area contributed by atoms with E-state index in [-0.39, 0.29) is 18.6 Å². The highest BCUT2D eigenvalue weighted by Crippen LogP contribution is 2.34. The molecule has 0 saturated carbocycles. The molecule has 2 aromatic rings. The van der Waals surface area contributed by atoms with Gasteiger partial charge in [-0.2, -0.15) is 0 Å². The van der Waals surface area contributed by atoms with Crippen LogP contribution >= 0.6 is 0 Å². The van der Waals surface area contributed by atoms with E-state index in [2.05, 4.69) is 0 Å². The number of carbonyl (C=O) groups excluding carboxylic acids is 1. The Labute approximate surface area is 122 Å². The molecule has 0 radical (unpaired) electrons. The van der Waals surface area contributed by atoms with Gasteiger partial charge in [-0.25, -0.2) is 0 Å². The van der Waals surface area contributed by atoms with Crippen molar-refractivity contribution in [3.63, 3.8) is 0 Å². The maximum atomic E-state index is 12.6. The largest absolute Gasteiger partial charge is 0.469 e. The number of hydrogen-bond acceptors (Lipinski definition) is 4. The van der Waals surface area contributed by atoms with E-state index in [4.69, 9.17) is 13.9 Å². The summed E-state index contributed by atoms with van der Waals surface area (Å²) in [6, 6.07) is 9.19. The normalized spacial score (nSPS) is 20.0. The Balaban J connectivity index is 1.51. The first kappa shape index (κ1) is 12.3. The van der Waals surface area contributed by atoms with Crippen LogP contribution in [0.2, 0.25) is 0 Å². The second kappa shape index (κ2) is 4.84. The van der Waals surface area contributed by atoms with Crippen molar-refractivity contribution in [2.24, 2.45) is 0 Å². The Bertz CT molecular complexity index is 665. The number of rotatable bonds is 2. The van der Waals surface area contributed by atoms with E-state index in [1.165, 1.54) is 0 Å². The Morgan fingerprint density at radius 1 is 1.19 bits per heavy atom. The predicted octanol–water partition coefficient (Wildman–Crippen LogP) is 2.64. The van der Waals surface area contributed by atoms with Crippen LogP contribution in [0.3, 0.4) is 0 Å². The smallest absolute Gasteiger partial charge is 0.254 e. The lowest BCUT2D eigenvalue weighted by Crippen LogP contribution is -2.28. The van der Waals surface area contributed by atoms with Crippen molar-refractivity contribution >= 4 is 5.91 Å². The Morgan fingerprint density at radius 3 is 2.95 bits per heavy atom. The number of ether oxygens (including phenoxy) is 2. The minimum Gasteiger partial charge on any atom is -0.469 e. The van der Waals surface area contributed by atoms with Gasteiger partial charge in [0.05, 0.1) is 6.26 Å². The van der Waals surface area contributed by atoms with Gasteiger partial charge in [-0.1, -0.05) is 0 Å². The van der Waals surface area contributed by atoms with Crippen molar-refractivity contribution in [2.75, 3.05) is 19.9 Å². The molecule has 2 aliphatic heterocycles. The highest BCUT2D eigenvalue weighted by molar-refractivity contribution is 5.95. The molecule has 0 bridgehead atoms. The SMILES string of the molecule is O=C(c1ccc2c(c1)OCO2)N1CCC(c2ccco2)C1. The molecule has 1 saturated heterocycles. The number of fused-ring (bicyclic) bond motifs is 1. The zero-order chi connectivity index (χ0) is 14.2. The van der Waals surface area contributed by atoms with Gasteiger partial charge in [0, 0.05) is 24.6 Å². The summed E-state index contributed by atoms with van der Waals surface area (Å²) in [4.78, 5) is 14.4. The van der Waals surface area contributed by atoms with Crippen molar-refractivity contribution in [3.05, 3.63) is 47.9 Å². The van der Waals surface area contributed by atoms with Gasteiger partial charge < -0.3 is 18.8 Å². The average molecular weight is 285 g/mol. The van der Waals surface area contributed by atoms with Crippen LogP contribution in [0.25, 0.3) is 0 Å². The second-order valence-electron chi connectivity index (χ2n) is 5.32. The maximum Gasteiger partial charge on any atom is 0.254 e. The number of likely N-dealkylation sites (tertiary alicyclic amines) is 1. The van der Waals surface area contributed by atoms with Crippen molar-refractivity contribution in [1.29, 1.82) is 0 Å². The first-order chi connectivity index (χ1) is 10.3. The third kappa shape index (κ3) is 2.14. The summed E-state index contributed by atoms with van der Waals surface area (Å²) in [6.45, 7) is 1.66. The third-order valence-electron chi connectivity index (χ3n) is 4.04. The van der Waals surface area contributed by atoms with E-state index < -0.39 is 0 Å². The van der Waals surface area contributed by atoms with Crippen LogP contribution in [0.1, 0.15) is 28.5 Å². The van der Waals surface area contributed by atoms with E-state index in [0.717, 1.165) is 18.7 Å². The minimum absolute atomic E-state index is 0.0300. The fraction of sp³-hybridized carbons (Fsp3) is 0.312. The molecule has 1 amide bonds. The van der Waals surface area contributed by atoms with Crippen LogP contribution in [0.15, 0.2) is 41.0 Å². The van der Waals surface area contributed by atoms with Gasteiger partial charge in [-0.15, -0.1) is 0 Å². The summed E-state index contributed by atoms with van der Waals surface area (Å²) in [6.07, 6.45) is 2.61. The maximum absolute atomic E-state index is 12.6. The quantitative estimate of drug-likeness (QED) is 0.851. The van der Waals surface area contributed by atoms with E-state index in [9.17, 15) is 4.79 Å². The Hall–Kier alpha value is -2.43. The molecule has 108 valence electrons. The lowest BCUT2D eigenvalue weighted by atomic mass is 10.1. The van der Waals surface area contributed by atoms with E-state index >= 15 is 0 Å². The Morgan fingerprint density at radius 2 is 2.10 bits per heavy atom. The van der Waals surface area contributed by atoms with Gasteiger partial charge in [-0.3, -0.25) is 4.79 Å². The fourth-order valence-corrected chi connectivity index (χ4v) is 2.91. The van der Waals surface area contributed by atoms with Crippen LogP contribution in [0, 0.1) is 0 Å².